The molecule has 2 heterocycles. The molecule has 3 unspecified atom stereocenters. The predicted octanol–water partition coefficient (Wildman–Crippen LogP) is 1.36. The van der Waals surface area contributed by atoms with E-state index >= 15 is 0 Å². The highest BCUT2D eigenvalue weighted by molar-refractivity contribution is 5.80. The lowest BCUT2D eigenvalue weighted by atomic mass is 9.82. The van der Waals surface area contributed by atoms with Gasteiger partial charge in [0, 0.05) is 12.2 Å². The minimum atomic E-state index is -0.122. The van der Waals surface area contributed by atoms with Crippen LogP contribution in [-0.2, 0) is 4.79 Å². The summed E-state index contributed by atoms with van der Waals surface area (Å²) < 4.78 is 0. The Hall–Kier alpha value is -1.42. The van der Waals surface area contributed by atoms with Gasteiger partial charge in [-0.05, 0) is 25.0 Å². The number of fused-ring (bicyclic) bond motifs is 1. The van der Waals surface area contributed by atoms with Crippen LogP contribution >= 0.6 is 0 Å². The summed E-state index contributed by atoms with van der Waals surface area (Å²) in [5.74, 6) is 0.341. The number of carbonyl (C=O) groups excluding carboxylic acids is 1. The molecule has 90 valence electrons. The van der Waals surface area contributed by atoms with Crippen molar-refractivity contribution in [1.29, 1.82) is 0 Å². The second-order valence-corrected chi connectivity index (χ2v) is 4.86. The Morgan fingerprint density at radius 1 is 1.24 bits per heavy atom. The molecule has 1 saturated heterocycles. The molecule has 2 fully saturated rings. The molecule has 2 N–H and O–H groups in total. The van der Waals surface area contributed by atoms with E-state index in [-0.39, 0.29) is 18.0 Å². The molecular weight excluding hydrogens is 214 g/mol. The summed E-state index contributed by atoms with van der Waals surface area (Å²) in [7, 11) is 0. The minimum absolute atomic E-state index is 0.122. The van der Waals surface area contributed by atoms with E-state index in [0.717, 1.165) is 18.5 Å². The van der Waals surface area contributed by atoms with E-state index in [2.05, 4.69) is 15.6 Å². The topological polar surface area (TPSA) is 54.0 Å². The van der Waals surface area contributed by atoms with Crippen LogP contribution in [0.4, 0.5) is 0 Å². The van der Waals surface area contributed by atoms with E-state index in [9.17, 15) is 4.79 Å². The summed E-state index contributed by atoms with van der Waals surface area (Å²) >= 11 is 0. The third-order valence-corrected chi connectivity index (χ3v) is 3.75. The standard InChI is InChI=1S/C13H17N3O/c17-13-9-5-1-2-6-10(9)15-12(16-13)11-7-3-4-8-14-11/h3-4,7-10,12,15H,1-2,5-6H2,(H,16,17). The monoisotopic (exact) mass is 231 g/mol. The average Bonchev–Trinajstić information content (AvgIpc) is 2.40. The van der Waals surface area contributed by atoms with Crippen molar-refractivity contribution in [3.8, 4) is 0 Å². The number of hydrogen-bond acceptors (Lipinski definition) is 3. The highest BCUT2D eigenvalue weighted by atomic mass is 16.2. The Labute approximate surface area is 101 Å². The van der Waals surface area contributed by atoms with Crippen molar-refractivity contribution in [3.63, 3.8) is 0 Å². The zero-order chi connectivity index (χ0) is 11.7. The second-order valence-electron chi connectivity index (χ2n) is 4.86. The Morgan fingerprint density at radius 2 is 2.12 bits per heavy atom. The van der Waals surface area contributed by atoms with Gasteiger partial charge >= 0.3 is 0 Å². The molecule has 0 bridgehead atoms. The maximum atomic E-state index is 12.0. The molecule has 0 aromatic carbocycles. The molecule has 1 saturated carbocycles. The zero-order valence-electron chi connectivity index (χ0n) is 9.73. The lowest BCUT2D eigenvalue weighted by Crippen LogP contribution is -2.57. The highest BCUT2D eigenvalue weighted by Gasteiger charge is 2.37. The average molecular weight is 231 g/mol. The lowest BCUT2D eigenvalue weighted by Gasteiger charge is -2.39. The summed E-state index contributed by atoms with van der Waals surface area (Å²) in [6.45, 7) is 0. The van der Waals surface area contributed by atoms with E-state index in [1.54, 1.807) is 6.20 Å². The van der Waals surface area contributed by atoms with Gasteiger partial charge in [-0.25, -0.2) is 0 Å². The van der Waals surface area contributed by atoms with Crippen LogP contribution in [0.3, 0.4) is 0 Å². The molecule has 1 aliphatic carbocycles. The van der Waals surface area contributed by atoms with Crippen LogP contribution in [0.15, 0.2) is 24.4 Å². The summed E-state index contributed by atoms with van der Waals surface area (Å²) in [5.41, 5.74) is 0.893. The first-order valence-electron chi connectivity index (χ1n) is 6.32. The molecule has 4 heteroatoms. The molecule has 1 amide bonds. The molecule has 0 radical (unpaired) electrons. The van der Waals surface area contributed by atoms with Crippen LogP contribution < -0.4 is 10.6 Å². The summed E-state index contributed by atoms with van der Waals surface area (Å²) in [6.07, 6.45) is 6.14. The van der Waals surface area contributed by atoms with Gasteiger partial charge < -0.3 is 5.32 Å². The van der Waals surface area contributed by atoms with E-state index in [1.165, 1.54) is 12.8 Å². The first kappa shape index (κ1) is 10.7. The van der Waals surface area contributed by atoms with Gasteiger partial charge in [0.05, 0.1) is 11.6 Å². The number of pyridine rings is 1. The van der Waals surface area contributed by atoms with Crippen molar-refractivity contribution in [3.05, 3.63) is 30.1 Å². The van der Waals surface area contributed by atoms with E-state index in [4.69, 9.17) is 0 Å². The fraction of sp³-hybridized carbons (Fsp3) is 0.538. The van der Waals surface area contributed by atoms with Crippen molar-refractivity contribution in [2.24, 2.45) is 5.92 Å². The largest absolute Gasteiger partial charge is 0.335 e. The Morgan fingerprint density at radius 3 is 2.94 bits per heavy atom. The van der Waals surface area contributed by atoms with Crippen LogP contribution in [0.2, 0.25) is 0 Å². The van der Waals surface area contributed by atoms with Crippen LogP contribution in [0.5, 0.6) is 0 Å². The highest BCUT2D eigenvalue weighted by Crippen LogP contribution is 2.29. The number of nitrogens with zero attached hydrogens (tertiary/aromatic N) is 1. The molecule has 3 atom stereocenters. The van der Waals surface area contributed by atoms with E-state index in [1.807, 2.05) is 18.2 Å². The van der Waals surface area contributed by atoms with Gasteiger partial charge in [0.1, 0.15) is 6.17 Å². The van der Waals surface area contributed by atoms with Gasteiger partial charge in [-0.3, -0.25) is 15.1 Å². The van der Waals surface area contributed by atoms with Gasteiger partial charge in [0.15, 0.2) is 0 Å². The predicted molar refractivity (Wildman–Crippen MR) is 64.0 cm³/mol. The second kappa shape index (κ2) is 4.45. The first-order valence-corrected chi connectivity index (χ1v) is 6.32. The fourth-order valence-corrected chi connectivity index (χ4v) is 2.86. The maximum absolute atomic E-state index is 12.0. The number of carbonyl (C=O) groups is 1. The molecule has 1 aromatic heterocycles. The van der Waals surface area contributed by atoms with Gasteiger partial charge in [0.2, 0.25) is 5.91 Å². The normalized spacial score (nSPS) is 32.7. The molecule has 1 aromatic rings. The van der Waals surface area contributed by atoms with Crippen LogP contribution in [-0.4, -0.2) is 16.9 Å². The first-order chi connectivity index (χ1) is 8.34. The Balaban J connectivity index is 1.79. The summed E-state index contributed by atoms with van der Waals surface area (Å²) in [6, 6.07) is 6.10. The van der Waals surface area contributed by atoms with Gasteiger partial charge in [0.25, 0.3) is 0 Å². The quantitative estimate of drug-likeness (QED) is 0.767. The molecule has 3 rings (SSSR count). The van der Waals surface area contributed by atoms with E-state index < -0.39 is 0 Å². The lowest BCUT2D eigenvalue weighted by molar-refractivity contribution is -0.130. The fourth-order valence-electron chi connectivity index (χ4n) is 2.86. The van der Waals surface area contributed by atoms with Crippen LogP contribution in [0.1, 0.15) is 37.5 Å². The van der Waals surface area contributed by atoms with Crippen molar-refractivity contribution >= 4 is 5.91 Å². The minimum Gasteiger partial charge on any atom is -0.335 e. The zero-order valence-corrected chi connectivity index (χ0v) is 9.73. The van der Waals surface area contributed by atoms with Gasteiger partial charge in [-0.2, -0.15) is 0 Å². The molecule has 17 heavy (non-hydrogen) atoms. The molecule has 1 aliphatic heterocycles. The number of nitrogens with one attached hydrogen (secondary N) is 2. The summed E-state index contributed by atoms with van der Waals surface area (Å²) in [4.78, 5) is 16.3. The number of hydrogen-bond donors (Lipinski definition) is 2. The molecule has 4 nitrogen and oxygen atoms in total. The summed E-state index contributed by atoms with van der Waals surface area (Å²) in [5, 5.41) is 6.53. The van der Waals surface area contributed by atoms with E-state index in [0.29, 0.717) is 6.04 Å². The molecular formula is C13H17N3O. The Kier molecular flexibility index (Phi) is 2.81. The van der Waals surface area contributed by atoms with Crippen molar-refractivity contribution in [2.75, 3.05) is 0 Å². The number of rotatable bonds is 1. The van der Waals surface area contributed by atoms with Crippen molar-refractivity contribution in [1.82, 2.24) is 15.6 Å². The van der Waals surface area contributed by atoms with Gasteiger partial charge in [-0.15, -0.1) is 0 Å². The third-order valence-electron chi connectivity index (χ3n) is 3.75. The van der Waals surface area contributed by atoms with Crippen molar-refractivity contribution in [2.45, 2.75) is 37.9 Å². The SMILES string of the molecule is O=C1NC(c2ccccn2)NC2CCCCC12. The number of amides is 1. The third kappa shape index (κ3) is 2.05. The van der Waals surface area contributed by atoms with Crippen molar-refractivity contribution < 1.29 is 4.79 Å². The number of aromatic nitrogens is 1. The van der Waals surface area contributed by atoms with Crippen LogP contribution in [0.25, 0.3) is 0 Å². The Bertz CT molecular complexity index is 406. The molecule has 0 spiro atoms. The van der Waals surface area contributed by atoms with Crippen LogP contribution in [0, 0.1) is 5.92 Å². The maximum Gasteiger partial charge on any atom is 0.226 e. The van der Waals surface area contributed by atoms with Gasteiger partial charge in [-0.1, -0.05) is 18.9 Å². The molecule has 2 aliphatic rings. The smallest absolute Gasteiger partial charge is 0.226 e.